The second-order valence-electron chi connectivity index (χ2n) is 7.19. The van der Waals surface area contributed by atoms with Crippen LogP contribution in [-0.4, -0.2) is 42.6 Å². The normalized spacial score (nSPS) is 21.1. The minimum absolute atomic E-state index is 0.188. The van der Waals surface area contributed by atoms with Crippen molar-refractivity contribution >= 4 is 5.97 Å². The summed E-state index contributed by atoms with van der Waals surface area (Å²) in [4.78, 5) is 13.4. The Kier molecular flexibility index (Phi) is 4.00. The molecule has 2 heterocycles. The first-order chi connectivity index (χ1) is 10.4. The molecule has 1 aromatic carbocycles. The van der Waals surface area contributed by atoms with Crippen LogP contribution >= 0.6 is 0 Å². The number of benzene rings is 1. The molecule has 1 aromatic rings. The van der Waals surface area contributed by atoms with Gasteiger partial charge < -0.3 is 10.1 Å². The van der Waals surface area contributed by atoms with Crippen molar-refractivity contribution in [3.8, 4) is 0 Å². The molecule has 3 rings (SSSR count). The van der Waals surface area contributed by atoms with Crippen molar-refractivity contribution in [2.24, 2.45) is 0 Å². The molecule has 2 aliphatic heterocycles. The van der Waals surface area contributed by atoms with Gasteiger partial charge in [0.1, 0.15) is 5.60 Å². The van der Waals surface area contributed by atoms with Gasteiger partial charge in [-0.05, 0) is 43.0 Å². The van der Waals surface area contributed by atoms with E-state index < -0.39 is 0 Å². The summed E-state index contributed by atoms with van der Waals surface area (Å²) in [6.07, 6.45) is 0. The van der Waals surface area contributed by atoms with Crippen LogP contribution in [0.4, 0.5) is 0 Å². The third-order valence-corrected chi connectivity index (χ3v) is 4.76. The Morgan fingerprint density at radius 2 is 1.91 bits per heavy atom. The highest BCUT2D eigenvalue weighted by Crippen LogP contribution is 2.30. The van der Waals surface area contributed by atoms with Crippen LogP contribution in [-0.2, 0) is 16.1 Å². The molecule has 120 valence electrons. The Bertz CT molecular complexity index is 564. The third kappa shape index (κ3) is 3.03. The molecule has 0 spiro atoms. The van der Waals surface area contributed by atoms with Gasteiger partial charge in [-0.15, -0.1) is 0 Å². The number of nitrogens with one attached hydrogen (secondary N) is 1. The molecule has 2 fully saturated rings. The van der Waals surface area contributed by atoms with Crippen molar-refractivity contribution in [3.05, 3.63) is 34.4 Å². The molecule has 0 aliphatic carbocycles. The van der Waals surface area contributed by atoms with Crippen LogP contribution in [0.15, 0.2) is 12.1 Å². The molecule has 2 aliphatic rings. The smallest absolute Gasteiger partial charge is 0.303 e. The lowest BCUT2D eigenvalue weighted by Crippen LogP contribution is -2.61. The number of ether oxygens (including phenoxy) is 1. The van der Waals surface area contributed by atoms with Crippen LogP contribution in [0.2, 0.25) is 0 Å². The molecule has 22 heavy (non-hydrogen) atoms. The summed E-state index contributed by atoms with van der Waals surface area (Å²) in [6, 6.07) is 4.64. The number of nitrogens with zero attached hydrogens (tertiary/aromatic N) is 1. The first-order valence-corrected chi connectivity index (χ1v) is 8.09. The summed E-state index contributed by atoms with van der Waals surface area (Å²) >= 11 is 0. The highest BCUT2D eigenvalue weighted by atomic mass is 16.6. The number of carbonyl (C=O) groups is 1. The van der Waals surface area contributed by atoms with Crippen molar-refractivity contribution in [1.82, 2.24) is 10.2 Å². The van der Waals surface area contributed by atoms with Crippen LogP contribution in [0.3, 0.4) is 0 Å². The van der Waals surface area contributed by atoms with Crippen LogP contribution in [0.5, 0.6) is 0 Å². The van der Waals surface area contributed by atoms with E-state index in [0.717, 1.165) is 32.7 Å². The van der Waals surface area contributed by atoms with Crippen molar-refractivity contribution < 1.29 is 9.53 Å². The molecular formula is C18H26N2O2. The van der Waals surface area contributed by atoms with E-state index in [0.29, 0.717) is 5.92 Å². The maximum absolute atomic E-state index is 11.1. The van der Waals surface area contributed by atoms with Gasteiger partial charge in [0.25, 0.3) is 0 Å². The lowest BCUT2D eigenvalue weighted by Gasteiger charge is -2.47. The quantitative estimate of drug-likeness (QED) is 0.865. The van der Waals surface area contributed by atoms with Gasteiger partial charge in [0.15, 0.2) is 0 Å². The Morgan fingerprint density at radius 3 is 2.36 bits per heavy atom. The minimum atomic E-state index is -0.298. The molecule has 4 heteroatoms. The predicted octanol–water partition coefficient (Wildman–Crippen LogP) is 2.13. The summed E-state index contributed by atoms with van der Waals surface area (Å²) in [6.45, 7) is 12.7. The predicted molar refractivity (Wildman–Crippen MR) is 87.0 cm³/mol. The van der Waals surface area contributed by atoms with E-state index in [1.54, 1.807) is 0 Å². The standard InChI is InChI=1S/C18H26N2O2/c1-12-5-15(6-13(2)17(12)16-7-19-8-16)9-20-10-18(4,11-20)22-14(3)21/h5-6,16,19H,7-11H2,1-4H3. The van der Waals surface area contributed by atoms with Crippen LogP contribution in [0.25, 0.3) is 0 Å². The molecule has 0 unspecified atom stereocenters. The molecular weight excluding hydrogens is 276 g/mol. The lowest BCUT2D eigenvalue weighted by molar-refractivity contribution is -0.174. The van der Waals surface area contributed by atoms with Crippen molar-refractivity contribution in [2.75, 3.05) is 26.2 Å². The zero-order chi connectivity index (χ0) is 15.9. The first kappa shape index (κ1) is 15.5. The fourth-order valence-electron chi connectivity index (χ4n) is 3.97. The van der Waals surface area contributed by atoms with E-state index >= 15 is 0 Å². The van der Waals surface area contributed by atoms with E-state index in [-0.39, 0.29) is 11.6 Å². The van der Waals surface area contributed by atoms with Gasteiger partial charge in [0, 0.05) is 45.6 Å². The monoisotopic (exact) mass is 302 g/mol. The maximum Gasteiger partial charge on any atom is 0.303 e. The molecule has 0 amide bonds. The maximum atomic E-state index is 11.1. The van der Waals surface area contributed by atoms with Crippen molar-refractivity contribution in [2.45, 2.75) is 45.8 Å². The van der Waals surface area contributed by atoms with Crippen molar-refractivity contribution in [1.29, 1.82) is 0 Å². The summed E-state index contributed by atoms with van der Waals surface area (Å²) in [5.41, 5.74) is 5.40. The SMILES string of the molecule is CC(=O)OC1(C)CN(Cc2cc(C)c(C3CNC3)c(C)c2)C1. The highest BCUT2D eigenvalue weighted by Gasteiger charge is 2.41. The van der Waals surface area contributed by atoms with Crippen LogP contribution in [0, 0.1) is 13.8 Å². The van der Waals surface area contributed by atoms with Crippen molar-refractivity contribution in [3.63, 3.8) is 0 Å². The molecule has 0 atom stereocenters. The summed E-state index contributed by atoms with van der Waals surface area (Å²) in [5, 5.41) is 3.35. The average Bonchev–Trinajstić information content (AvgIpc) is 2.28. The number of esters is 1. The number of hydrogen-bond donors (Lipinski definition) is 1. The van der Waals surface area contributed by atoms with Gasteiger partial charge in [-0.25, -0.2) is 0 Å². The van der Waals surface area contributed by atoms with Gasteiger partial charge >= 0.3 is 5.97 Å². The van der Waals surface area contributed by atoms with Gasteiger partial charge in [0.05, 0.1) is 0 Å². The Hall–Kier alpha value is -1.39. The number of likely N-dealkylation sites (tertiary alicyclic amines) is 1. The fraction of sp³-hybridized carbons (Fsp3) is 0.611. The number of carbonyl (C=O) groups excluding carboxylic acids is 1. The lowest BCUT2D eigenvalue weighted by atomic mass is 9.85. The summed E-state index contributed by atoms with van der Waals surface area (Å²) < 4.78 is 5.37. The van der Waals surface area contributed by atoms with Gasteiger partial charge in [0.2, 0.25) is 0 Å². The second-order valence-corrected chi connectivity index (χ2v) is 7.19. The van der Waals surface area contributed by atoms with Gasteiger partial charge in [-0.3, -0.25) is 9.69 Å². The number of rotatable bonds is 4. The largest absolute Gasteiger partial charge is 0.457 e. The highest BCUT2D eigenvalue weighted by molar-refractivity contribution is 5.66. The molecule has 0 bridgehead atoms. The molecule has 0 saturated carbocycles. The van der Waals surface area contributed by atoms with Crippen LogP contribution < -0.4 is 5.32 Å². The summed E-state index contributed by atoms with van der Waals surface area (Å²) in [7, 11) is 0. The van der Waals surface area contributed by atoms with E-state index in [4.69, 9.17) is 4.74 Å². The van der Waals surface area contributed by atoms with Gasteiger partial charge in [-0.2, -0.15) is 0 Å². The zero-order valence-electron chi connectivity index (χ0n) is 14.0. The average molecular weight is 302 g/mol. The van der Waals surface area contributed by atoms with E-state index in [9.17, 15) is 4.79 Å². The Balaban J connectivity index is 1.64. The molecule has 0 radical (unpaired) electrons. The molecule has 4 nitrogen and oxygen atoms in total. The van der Waals surface area contributed by atoms with E-state index in [1.807, 2.05) is 6.92 Å². The summed E-state index contributed by atoms with van der Waals surface area (Å²) in [5.74, 6) is 0.498. The fourth-order valence-corrected chi connectivity index (χ4v) is 3.97. The van der Waals surface area contributed by atoms with Crippen LogP contribution in [0.1, 0.15) is 42.0 Å². The second kappa shape index (κ2) is 5.67. The molecule has 0 aromatic heterocycles. The number of hydrogen-bond acceptors (Lipinski definition) is 4. The third-order valence-electron chi connectivity index (χ3n) is 4.76. The topological polar surface area (TPSA) is 41.6 Å². The zero-order valence-corrected chi connectivity index (χ0v) is 14.0. The number of aryl methyl sites for hydroxylation is 2. The Labute approximate surface area is 132 Å². The Morgan fingerprint density at radius 1 is 1.32 bits per heavy atom. The molecule has 1 N–H and O–H groups in total. The first-order valence-electron chi connectivity index (χ1n) is 8.09. The van der Waals surface area contributed by atoms with E-state index in [1.165, 1.54) is 29.2 Å². The minimum Gasteiger partial charge on any atom is -0.457 e. The van der Waals surface area contributed by atoms with E-state index in [2.05, 4.69) is 36.2 Å². The molecule has 2 saturated heterocycles. The van der Waals surface area contributed by atoms with Gasteiger partial charge in [-0.1, -0.05) is 12.1 Å².